The maximum atomic E-state index is 5.78. The number of para-hydroxylation sites is 3. The molecule has 0 saturated carbocycles. The van der Waals surface area contributed by atoms with E-state index < -0.39 is 0 Å². The Morgan fingerprint density at radius 2 is 1.54 bits per heavy atom. The standard InChI is InChI=1S/C34H30N6O/c1-4-41-27-20-16-24(17-21-27)31-30-23(3)38-40(26-10-6-5-7-11-26)33(30)37-34-32(35-25-18-14-22(2)15-19-25)36-28-12-8-9-13-29(28)39(31)34/h5-21,31H,4H2,1-3H3,(H,35,36)/t31-/m0/s1. The van der Waals surface area contributed by atoms with Crippen molar-refractivity contribution in [3.63, 3.8) is 0 Å². The van der Waals surface area contributed by atoms with E-state index in [-0.39, 0.29) is 6.04 Å². The summed E-state index contributed by atoms with van der Waals surface area (Å²) in [5, 5.41) is 8.59. The lowest BCUT2D eigenvalue weighted by molar-refractivity contribution is 0.340. The SMILES string of the molecule is CCOc1ccc([C@H]2c3c(C)nn(-c4ccccc4)c3N=C3C(Nc4ccc(C)cc4)=Nc4ccccc4N32)cc1. The van der Waals surface area contributed by atoms with Crippen LogP contribution in [0.1, 0.15) is 35.3 Å². The van der Waals surface area contributed by atoms with Crippen molar-refractivity contribution in [3.05, 3.63) is 126 Å². The second-order valence-electron chi connectivity index (χ2n) is 10.2. The molecule has 2 aliphatic heterocycles. The molecule has 3 heterocycles. The van der Waals surface area contributed by atoms with E-state index in [1.165, 1.54) is 5.56 Å². The van der Waals surface area contributed by atoms with Gasteiger partial charge in [0.1, 0.15) is 5.75 Å². The van der Waals surface area contributed by atoms with Gasteiger partial charge in [-0.25, -0.2) is 14.7 Å². The smallest absolute Gasteiger partial charge is 0.179 e. The molecule has 1 atom stereocenters. The maximum Gasteiger partial charge on any atom is 0.179 e. The number of rotatable bonds is 5. The Kier molecular flexibility index (Phi) is 6.12. The molecule has 0 spiro atoms. The number of nitrogens with one attached hydrogen (secondary N) is 1. The van der Waals surface area contributed by atoms with Crippen molar-refractivity contribution in [2.24, 2.45) is 9.98 Å². The minimum absolute atomic E-state index is 0.183. The fourth-order valence-corrected chi connectivity index (χ4v) is 5.55. The molecular weight excluding hydrogens is 508 g/mol. The monoisotopic (exact) mass is 538 g/mol. The summed E-state index contributed by atoms with van der Waals surface area (Å²) in [4.78, 5) is 12.7. The number of ether oxygens (including phenoxy) is 1. The molecule has 0 fully saturated rings. The lowest BCUT2D eigenvalue weighted by Gasteiger charge is -2.40. The van der Waals surface area contributed by atoms with Crippen LogP contribution in [0.15, 0.2) is 113 Å². The second kappa shape index (κ2) is 10.1. The third-order valence-electron chi connectivity index (χ3n) is 7.46. The van der Waals surface area contributed by atoms with Gasteiger partial charge in [0.2, 0.25) is 0 Å². The van der Waals surface area contributed by atoms with Crippen LogP contribution in [0.3, 0.4) is 0 Å². The summed E-state index contributed by atoms with van der Waals surface area (Å²) in [5.74, 6) is 3.08. The number of nitrogens with zero attached hydrogens (tertiary/aromatic N) is 5. The normalized spacial score (nSPS) is 15.3. The third-order valence-corrected chi connectivity index (χ3v) is 7.46. The average molecular weight is 539 g/mol. The minimum atomic E-state index is -0.183. The number of aliphatic imine (C=N–C) groups is 2. The molecule has 4 aromatic carbocycles. The van der Waals surface area contributed by atoms with Crippen LogP contribution < -0.4 is 15.0 Å². The Balaban J connectivity index is 1.46. The molecule has 0 amide bonds. The van der Waals surface area contributed by atoms with Gasteiger partial charge in [-0.15, -0.1) is 0 Å². The van der Waals surface area contributed by atoms with E-state index in [9.17, 15) is 0 Å². The zero-order valence-electron chi connectivity index (χ0n) is 23.2. The van der Waals surface area contributed by atoms with E-state index in [1.54, 1.807) is 0 Å². The first-order valence-corrected chi connectivity index (χ1v) is 13.9. The molecule has 0 saturated heterocycles. The first-order chi connectivity index (χ1) is 20.1. The van der Waals surface area contributed by atoms with Crippen LogP contribution in [0, 0.1) is 13.8 Å². The van der Waals surface area contributed by atoms with Gasteiger partial charge < -0.3 is 15.0 Å². The van der Waals surface area contributed by atoms with E-state index in [2.05, 4.69) is 84.7 Å². The average Bonchev–Trinajstić information content (AvgIpc) is 3.34. The first kappa shape index (κ1) is 24.8. The van der Waals surface area contributed by atoms with E-state index in [1.807, 2.05) is 54.1 Å². The Bertz CT molecular complexity index is 1790. The summed E-state index contributed by atoms with van der Waals surface area (Å²) in [6.07, 6.45) is 0. The van der Waals surface area contributed by atoms with Gasteiger partial charge in [-0.2, -0.15) is 5.10 Å². The first-order valence-electron chi connectivity index (χ1n) is 13.9. The van der Waals surface area contributed by atoms with Gasteiger partial charge >= 0.3 is 0 Å². The largest absolute Gasteiger partial charge is 0.494 e. The lowest BCUT2D eigenvalue weighted by atomic mass is 9.93. The van der Waals surface area contributed by atoms with E-state index in [0.29, 0.717) is 12.4 Å². The van der Waals surface area contributed by atoms with Crippen LogP contribution in [-0.2, 0) is 0 Å². The molecule has 2 aliphatic rings. The highest BCUT2D eigenvalue weighted by atomic mass is 16.5. The molecule has 7 rings (SSSR count). The fraction of sp³-hybridized carbons (Fsp3) is 0.147. The molecule has 0 unspecified atom stereocenters. The fourth-order valence-electron chi connectivity index (χ4n) is 5.55. The number of hydrogen-bond donors (Lipinski definition) is 1. The van der Waals surface area contributed by atoms with Crippen LogP contribution in [0.25, 0.3) is 5.69 Å². The Hall–Kier alpha value is -5.17. The van der Waals surface area contributed by atoms with E-state index in [0.717, 1.165) is 57.0 Å². The quantitative estimate of drug-likeness (QED) is 0.249. The van der Waals surface area contributed by atoms with Crippen molar-refractivity contribution < 1.29 is 4.74 Å². The molecule has 202 valence electrons. The maximum absolute atomic E-state index is 5.78. The summed E-state index contributed by atoms with van der Waals surface area (Å²) >= 11 is 0. The highest BCUT2D eigenvalue weighted by molar-refractivity contribution is 6.51. The van der Waals surface area contributed by atoms with E-state index >= 15 is 0 Å². The van der Waals surface area contributed by atoms with Gasteiger partial charge in [0.05, 0.1) is 35.4 Å². The van der Waals surface area contributed by atoms with Crippen molar-refractivity contribution in [1.82, 2.24) is 9.78 Å². The number of benzene rings is 4. The van der Waals surface area contributed by atoms with Gasteiger partial charge in [-0.1, -0.05) is 60.2 Å². The number of fused-ring (bicyclic) bond motifs is 4. The zero-order valence-corrected chi connectivity index (χ0v) is 23.2. The summed E-state index contributed by atoms with van der Waals surface area (Å²) in [5.41, 5.74) is 8.10. The molecule has 1 N–H and O–H groups in total. The van der Waals surface area contributed by atoms with Crippen LogP contribution in [0.5, 0.6) is 5.75 Å². The summed E-state index contributed by atoms with van der Waals surface area (Å²) in [7, 11) is 0. The van der Waals surface area contributed by atoms with Crippen LogP contribution in [0.2, 0.25) is 0 Å². The van der Waals surface area contributed by atoms with Gasteiger partial charge in [-0.3, -0.25) is 0 Å². The predicted molar refractivity (Wildman–Crippen MR) is 166 cm³/mol. The molecule has 7 nitrogen and oxygen atoms in total. The molecule has 41 heavy (non-hydrogen) atoms. The zero-order chi connectivity index (χ0) is 27.9. The number of aromatic nitrogens is 2. The molecule has 0 bridgehead atoms. The summed E-state index contributed by atoms with van der Waals surface area (Å²) in [6.45, 7) is 6.77. The van der Waals surface area contributed by atoms with Crippen molar-refractivity contribution in [2.45, 2.75) is 26.8 Å². The Morgan fingerprint density at radius 1 is 0.805 bits per heavy atom. The highest BCUT2D eigenvalue weighted by Gasteiger charge is 2.41. The number of hydrogen-bond acceptors (Lipinski definition) is 6. The number of anilines is 2. The number of aryl methyl sites for hydroxylation is 2. The van der Waals surface area contributed by atoms with Gasteiger partial charge in [0, 0.05) is 11.3 Å². The van der Waals surface area contributed by atoms with Crippen LogP contribution in [-0.4, -0.2) is 28.1 Å². The topological polar surface area (TPSA) is 67.0 Å². The Labute approximate surface area is 239 Å². The van der Waals surface area contributed by atoms with Crippen molar-refractivity contribution in [3.8, 4) is 11.4 Å². The molecule has 0 radical (unpaired) electrons. The van der Waals surface area contributed by atoms with Gasteiger partial charge in [-0.05, 0) is 74.9 Å². The summed E-state index contributed by atoms with van der Waals surface area (Å²) in [6, 6.07) is 34.9. The highest BCUT2D eigenvalue weighted by Crippen LogP contribution is 2.48. The third kappa shape index (κ3) is 4.36. The van der Waals surface area contributed by atoms with Gasteiger partial charge in [0.25, 0.3) is 0 Å². The Morgan fingerprint density at radius 3 is 2.29 bits per heavy atom. The van der Waals surface area contributed by atoms with E-state index in [4.69, 9.17) is 19.8 Å². The lowest BCUT2D eigenvalue weighted by Crippen LogP contribution is -2.46. The molecule has 7 heteroatoms. The number of amidine groups is 2. The predicted octanol–water partition coefficient (Wildman–Crippen LogP) is 7.68. The van der Waals surface area contributed by atoms with Crippen molar-refractivity contribution in [2.75, 3.05) is 16.8 Å². The molecule has 1 aromatic heterocycles. The molecular formula is C34H30N6O. The second-order valence-corrected chi connectivity index (χ2v) is 10.2. The van der Waals surface area contributed by atoms with Crippen LogP contribution in [0.4, 0.5) is 22.9 Å². The van der Waals surface area contributed by atoms with Gasteiger partial charge in [0.15, 0.2) is 17.5 Å². The minimum Gasteiger partial charge on any atom is -0.494 e. The van der Waals surface area contributed by atoms with Crippen LogP contribution >= 0.6 is 0 Å². The van der Waals surface area contributed by atoms with Crippen molar-refractivity contribution >= 4 is 34.6 Å². The molecule has 5 aromatic rings. The molecule has 0 aliphatic carbocycles. The summed E-state index contributed by atoms with van der Waals surface area (Å²) < 4.78 is 7.72. The van der Waals surface area contributed by atoms with Crippen molar-refractivity contribution in [1.29, 1.82) is 0 Å².